The third kappa shape index (κ3) is 4.07. The summed E-state index contributed by atoms with van der Waals surface area (Å²) < 4.78 is 14.0. The van der Waals surface area contributed by atoms with E-state index in [2.05, 4.69) is 5.32 Å². The van der Waals surface area contributed by atoms with E-state index in [0.29, 0.717) is 24.6 Å². The summed E-state index contributed by atoms with van der Waals surface area (Å²) in [6.07, 6.45) is 2.40. The Kier molecular flexibility index (Phi) is 5.43. The van der Waals surface area contributed by atoms with E-state index in [1.54, 1.807) is 12.1 Å². The second-order valence-corrected chi connectivity index (χ2v) is 7.86. The molecule has 1 aliphatic carbocycles. The Morgan fingerprint density at radius 1 is 1.03 bits per heavy atom. The quantitative estimate of drug-likeness (QED) is 0.637. The lowest BCUT2D eigenvalue weighted by Crippen LogP contribution is -2.28. The summed E-state index contributed by atoms with van der Waals surface area (Å²) in [4.78, 5) is 24.9. The first kappa shape index (κ1) is 19.3. The van der Waals surface area contributed by atoms with Crippen LogP contribution in [0.2, 0.25) is 0 Å². The zero-order valence-electron chi connectivity index (χ0n) is 16.5. The average molecular weight is 389 g/mol. The summed E-state index contributed by atoms with van der Waals surface area (Å²) in [7, 11) is 0. The molecule has 0 saturated carbocycles. The molecule has 3 nitrogen and oxygen atoms in total. The van der Waals surface area contributed by atoms with E-state index in [9.17, 15) is 14.0 Å². The van der Waals surface area contributed by atoms with Crippen LogP contribution in [0.5, 0.6) is 0 Å². The minimum absolute atomic E-state index is 0.0442. The molecule has 0 fully saturated rings. The van der Waals surface area contributed by atoms with E-state index in [1.165, 1.54) is 6.07 Å². The summed E-state index contributed by atoms with van der Waals surface area (Å²) in [5, 5.41) is 4.41. The largest absolute Gasteiger partial charge is 0.350 e. The van der Waals surface area contributed by atoms with Gasteiger partial charge in [-0.3, -0.25) is 9.59 Å². The molecule has 4 rings (SSSR count). The van der Waals surface area contributed by atoms with Gasteiger partial charge in [0.05, 0.1) is 6.04 Å². The average Bonchev–Trinajstić information content (AvgIpc) is 2.73. The molecule has 148 valence electrons. The van der Waals surface area contributed by atoms with E-state index in [1.807, 2.05) is 49.4 Å². The summed E-state index contributed by atoms with van der Waals surface area (Å²) in [5.41, 5.74) is 2.81. The highest BCUT2D eigenvalue weighted by Crippen LogP contribution is 2.29. The number of carbonyl (C=O) groups is 2. The van der Waals surface area contributed by atoms with Gasteiger partial charge >= 0.3 is 0 Å². The second-order valence-electron chi connectivity index (χ2n) is 7.86. The van der Waals surface area contributed by atoms with Gasteiger partial charge in [0, 0.05) is 23.8 Å². The molecule has 3 aromatic carbocycles. The summed E-state index contributed by atoms with van der Waals surface area (Å²) in [6, 6.07) is 18.0. The lowest BCUT2D eigenvalue weighted by molar-refractivity contribution is -0.122. The van der Waals surface area contributed by atoms with Gasteiger partial charge in [-0.25, -0.2) is 4.39 Å². The number of hydrogen-bond donors (Lipinski definition) is 1. The van der Waals surface area contributed by atoms with Gasteiger partial charge in [-0.2, -0.15) is 0 Å². The van der Waals surface area contributed by atoms with Crippen molar-refractivity contribution in [3.05, 3.63) is 83.2 Å². The molecule has 1 N–H and O–H groups in total. The van der Waals surface area contributed by atoms with Gasteiger partial charge in [-0.1, -0.05) is 54.6 Å². The van der Waals surface area contributed by atoms with E-state index < -0.39 is 0 Å². The molecule has 1 aliphatic rings. The second kappa shape index (κ2) is 8.16. The van der Waals surface area contributed by atoms with Gasteiger partial charge in [-0.05, 0) is 48.3 Å². The Hall–Kier alpha value is -3.01. The predicted octanol–water partition coefficient (Wildman–Crippen LogP) is 5.38. The zero-order valence-corrected chi connectivity index (χ0v) is 16.5. The van der Waals surface area contributed by atoms with Crippen LogP contribution < -0.4 is 5.32 Å². The van der Waals surface area contributed by atoms with E-state index >= 15 is 0 Å². The lowest BCUT2D eigenvalue weighted by atomic mass is 9.81. The Bertz CT molecular complexity index is 1080. The Morgan fingerprint density at radius 2 is 1.76 bits per heavy atom. The van der Waals surface area contributed by atoms with Crippen molar-refractivity contribution in [2.75, 3.05) is 0 Å². The topological polar surface area (TPSA) is 46.2 Å². The molecule has 0 aliphatic heterocycles. The first-order chi connectivity index (χ1) is 14.0. The van der Waals surface area contributed by atoms with Crippen molar-refractivity contribution in [2.45, 2.75) is 38.6 Å². The van der Waals surface area contributed by atoms with Crippen LogP contribution in [0.15, 0.2) is 60.7 Å². The number of rotatable bonds is 5. The fourth-order valence-electron chi connectivity index (χ4n) is 4.32. The smallest absolute Gasteiger partial charge is 0.220 e. The number of ketones is 1. The maximum Gasteiger partial charge on any atom is 0.220 e. The molecule has 0 saturated heterocycles. The van der Waals surface area contributed by atoms with Crippen LogP contribution >= 0.6 is 0 Å². The number of amides is 1. The molecule has 2 atom stereocenters. The number of Topliss-reactive ketones (excluding diaryl/α,β-unsaturated/α-hetero) is 1. The Morgan fingerprint density at radius 3 is 2.59 bits per heavy atom. The number of fused-ring (bicyclic) bond motifs is 2. The van der Waals surface area contributed by atoms with Crippen molar-refractivity contribution in [3.63, 3.8) is 0 Å². The van der Waals surface area contributed by atoms with Crippen LogP contribution in [0.1, 0.15) is 53.7 Å². The molecule has 0 bridgehead atoms. The molecular formula is C25H24FNO2. The molecule has 0 radical (unpaired) electrons. The first-order valence-corrected chi connectivity index (χ1v) is 10.1. The van der Waals surface area contributed by atoms with E-state index in [4.69, 9.17) is 0 Å². The van der Waals surface area contributed by atoms with Gasteiger partial charge < -0.3 is 5.32 Å². The highest BCUT2D eigenvalue weighted by Gasteiger charge is 2.25. The SMILES string of the molecule is C[C@@H](NC(=O)CC[C@H]1CC(=O)c2ccccc2C1)c1ccc(F)c2ccccc12. The third-order valence-corrected chi connectivity index (χ3v) is 5.83. The molecule has 0 heterocycles. The van der Waals surface area contributed by atoms with Crippen LogP contribution in [0, 0.1) is 11.7 Å². The fraction of sp³-hybridized carbons (Fsp3) is 0.280. The standard InChI is InChI=1S/C25H24FNO2/c1-16(19-11-12-23(26)22-9-5-4-8-21(19)22)27-25(29)13-10-17-14-18-6-2-3-7-20(18)24(28)15-17/h2-9,11-12,16-17H,10,13-15H2,1H3,(H,27,29)/t16-,17-/m1/s1. The number of halogens is 1. The number of carbonyl (C=O) groups excluding carboxylic acids is 2. The van der Waals surface area contributed by atoms with Crippen LogP contribution in [0.4, 0.5) is 4.39 Å². The molecule has 0 aromatic heterocycles. The molecular weight excluding hydrogens is 365 g/mol. The molecule has 3 aromatic rings. The van der Waals surface area contributed by atoms with Crippen LogP contribution in [0.3, 0.4) is 0 Å². The van der Waals surface area contributed by atoms with E-state index in [0.717, 1.165) is 28.5 Å². The molecule has 1 amide bonds. The monoisotopic (exact) mass is 389 g/mol. The fourth-order valence-corrected chi connectivity index (χ4v) is 4.32. The Balaban J connectivity index is 1.38. The van der Waals surface area contributed by atoms with Crippen molar-refractivity contribution in [3.8, 4) is 0 Å². The minimum Gasteiger partial charge on any atom is -0.350 e. The highest BCUT2D eigenvalue weighted by molar-refractivity contribution is 5.98. The van der Waals surface area contributed by atoms with Crippen LogP contribution in [-0.2, 0) is 11.2 Å². The normalized spacial score (nSPS) is 17.0. The number of benzene rings is 3. The third-order valence-electron chi connectivity index (χ3n) is 5.83. The molecule has 29 heavy (non-hydrogen) atoms. The highest BCUT2D eigenvalue weighted by atomic mass is 19.1. The van der Waals surface area contributed by atoms with Crippen LogP contribution in [-0.4, -0.2) is 11.7 Å². The number of nitrogens with one attached hydrogen (secondary N) is 1. The van der Waals surface area contributed by atoms with Crippen molar-refractivity contribution in [2.24, 2.45) is 5.92 Å². The van der Waals surface area contributed by atoms with Crippen molar-refractivity contribution >= 4 is 22.5 Å². The maximum absolute atomic E-state index is 14.0. The number of hydrogen-bond acceptors (Lipinski definition) is 2. The summed E-state index contributed by atoms with van der Waals surface area (Å²) in [5.74, 6) is 0.0656. The summed E-state index contributed by atoms with van der Waals surface area (Å²) >= 11 is 0. The first-order valence-electron chi connectivity index (χ1n) is 10.1. The van der Waals surface area contributed by atoms with Crippen molar-refractivity contribution in [1.82, 2.24) is 5.32 Å². The van der Waals surface area contributed by atoms with Crippen molar-refractivity contribution < 1.29 is 14.0 Å². The van der Waals surface area contributed by atoms with Gasteiger partial charge in [0.2, 0.25) is 5.91 Å². The van der Waals surface area contributed by atoms with Gasteiger partial charge in [-0.15, -0.1) is 0 Å². The van der Waals surface area contributed by atoms with Gasteiger partial charge in [0.25, 0.3) is 0 Å². The van der Waals surface area contributed by atoms with E-state index in [-0.39, 0.29) is 29.5 Å². The molecule has 0 unspecified atom stereocenters. The van der Waals surface area contributed by atoms with Crippen LogP contribution in [0.25, 0.3) is 10.8 Å². The van der Waals surface area contributed by atoms with Gasteiger partial charge in [0.1, 0.15) is 5.82 Å². The Labute approximate surface area is 169 Å². The molecule has 4 heteroatoms. The lowest BCUT2D eigenvalue weighted by Gasteiger charge is -2.23. The summed E-state index contributed by atoms with van der Waals surface area (Å²) in [6.45, 7) is 1.91. The van der Waals surface area contributed by atoms with Gasteiger partial charge in [0.15, 0.2) is 5.78 Å². The maximum atomic E-state index is 14.0. The molecule has 0 spiro atoms. The predicted molar refractivity (Wildman–Crippen MR) is 112 cm³/mol. The zero-order chi connectivity index (χ0) is 20.4. The van der Waals surface area contributed by atoms with Crippen molar-refractivity contribution in [1.29, 1.82) is 0 Å². The minimum atomic E-state index is -0.259.